The summed E-state index contributed by atoms with van der Waals surface area (Å²) in [6.45, 7) is 2.08. The van der Waals surface area contributed by atoms with Crippen molar-refractivity contribution < 1.29 is 32.2 Å². The zero-order valence-corrected chi connectivity index (χ0v) is 19.0. The number of fused-ring (bicyclic) bond motifs is 1. The number of nitrogens with one attached hydrogen (secondary N) is 1. The minimum Gasteiger partial charge on any atom is -0.496 e. The Bertz CT molecular complexity index is 1210. The van der Waals surface area contributed by atoms with Crippen LogP contribution in [0.1, 0.15) is 10.4 Å². The molecule has 0 atom stereocenters. The van der Waals surface area contributed by atoms with Crippen LogP contribution in [0, 0.1) is 0 Å². The molecule has 0 aromatic heterocycles. The van der Waals surface area contributed by atoms with Crippen molar-refractivity contribution in [1.82, 2.24) is 9.80 Å². The number of ether oxygens (including phenoxy) is 2. The van der Waals surface area contributed by atoms with E-state index < -0.39 is 6.36 Å². The molecule has 2 amide bonds. The van der Waals surface area contributed by atoms with E-state index in [4.69, 9.17) is 4.74 Å². The number of alkyl halides is 3. The van der Waals surface area contributed by atoms with Gasteiger partial charge in [-0.05, 0) is 41.8 Å². The molecule has 10 heteroatoms. The fourth-order valence-electron chi connectivity index (χ4n) is 4.06. The quantitative estimate of drug-likeness (QED) is 0.566. The minimum absolute atomic E-state index is 0.0749. The monoisotopic (exact) mass is 487 g/mol. The Labute approximate surface area is 200 Å². The van der Waals surface area contributed by atoms with Crippen LogP contribution in [0.15, 0.2) is 60.7 Å². The Balaban J connectivity index is 1.31. The van der Waals surface area contributed by atoms with Gasteiger partial charge in [-0.25, -0.2) is 0 Å². The molecule has 0 saturated carbocycles. The molecule has 7 nitrogen and oxygen atoms in total. The van der Waals surface area contributed by atoms with Crippen LogP contribution in [0.25, 0.3) is 10.8 Å². The van der Waals surface area contributed by atoms with E-state index in [1.807, 2.05) is 29.2 Å². The zero-order valence-electron chi connectivity index (χ0n) is 19.0. The van der Waals surface area contributed by atoms with Gasteiger partial charge in [-0.3, -0.25) is 14.5 Å². The normalized spacial score (nSPS) is 14.6. The molecule has 1 N–H and O–H groups in total. The van der Waals surface area contributed by atoms with Crippen molar-refractivity contribution in [2.45, 2.75) is 6.36 Å². The molecule has 4 rings (SSSR count). The second-order valence-electron chi connectivity index (χ2n) is 8.05. The van der Waals surface area contributed by atoms with E-state index in [1.54, 1.807) is 24.1 Å². The number of methoxy groups -OCH3 is 1. The lowest BCUT2D eigenvalue weighted by molar-refractivity contribution is -0.274. The Morgan fingerprint density at radius 1 is 0.914 bits per heavy atom. The van der Waals surface area contributed by atoms with Crippen LogP contribution in [-0.4, -0.2) is 67.8 Å². The zero-order chi connectivity index (χ0) is 25.0. The van der Waals surface area contributed by atoms with Gasteiger partial charge in [-0.1, -0.05) is 24.3 Å². The van der Waals surface area contributed by atoms with Gasteiger partial charge in [0.25, 0.3) is 5.91 Å². The van der Waals surface area contributed by atoms with Crippen molar-refractivity contribution in [3.8, 4) is 11.5 Å². The third-order valence-corrected chi connectivity index (χ3v) is 5.73. The Morgan fingerprint density at radius 3 is 2.20 bits per heavy atom. The first kappa shape index (κ1) is 24.3. The third kappa shape index (κ3) is 6.02. The van der Waals surface area contributed by atoms with Crippen LogP contribution < -0.4 is 14.8 Å². The maximum atomic E-state index is 13.2. The van der Waals surface area contributed by atoms with Crippen LogP contribution in [0.3, 0.4) is 0 Å². The van der Waals surface area contributed by atoms with Gasteiger partial charge < -0.3 is 19.7 Å². The van der Waals surface area contributed by atoms with Crippen molar-refractivity contribution in [3.63, 3.8) is 0 Å². The smallest absolute Gasteiger partial charge is 0.496 e. The van der Waals surface area contributed by atoms with E-state index in [9.17, 15) is 22.8 Å². The number of carbonyl (C=O) groups excluding carboxylic acids is 2. The van der Waals surface area contributed by atoms with Crippen molar-refractivity contribution >= 4 is 28.3 Å². The number of benzene rings is 3. The van der Waals surface area contributed by atoms with Crippen molar-refractivity contribution in [3.05, 3.63) is 66.2 Å². The van der Waals surface area contributed by atoms with Crippen molar-refractivity contribution in [2.75, 3.05) is 45.2 Å². The highest BCUT2D eigenvalue weighted by molar-refractivity contribution is 6.08. The Kier molecular flexibility index (Phi) is 7.11. The SMILES string of the molecule is COc1ccc(C(=O)N2CCN(CC(=O)Nc3ccc(OC(F)(F)F)cc3)CC2)c2ccccc12. The molecule has 1 saturated heterocycles. The molecule has 0 spiro atoms. The molecule has 0 bridgehead atoms. The van der Waals surface area contributed by atoms with Gasteiger partial charge in [-0.2, -0.15) is 0 Å². The van der Waals surface area contributed by atoms with E-state index >= 15 is 0 Å². The fourth-order valence-corrected chi connectivity index (χ4v) is 4.06. The van der Waals surface area contributed by atoms with Gasteiger partial charge >= 0.3 is 6.36 Å². The summed E-state index contributed by atoms with van der Waals surface area (Å²) in [5.41, 5.74) is 0.968. The molecule has 0 aliphatic carbocycles. The highest BCUT2D eigenvalue weighted by Gasteiger charge is 2.31. The standard InChI is InChI=1S/C25H24F3N3O4/c1-34-22-11-10-21(19-4-2-3-5-20(19)22)24(33)31-14-12-30(13-15-31)16-23(32)29-17-6-8-18(9-7-17)35-25(26,27)28/h2-11H,12-16H2,1H3,(H,29,32). The number of piperazine rings is 1. The van der Waals surface area contributed by atoms with E-state index in [0.29, 0.717) is 43.2 Å². The van der Waals surface area contributed by atoms with Gasteiger partial charge in [0, 0.05) is 42.8 Å². The highest BCUT2D eigenvalue weighted by atomic mass is 19.4. The lowest BCUT2D eigenvalue weighted by Gasteiger charge is -2.34. The van der Waals surface area contributed by atoms with Gasteiger partial charge in [0.1, 0.15) is 11.5 Å². The lowest BCUT2D eigenvalue weighted by Crippen LogP contribution is -2.50. The molecular weight excluding hydrogens is 463 g/mol. The van der Waals surface area contributed by atoms with E-state index in [-0.39, 0.29) is 24.1 Å². The van der Waals surface area contributed by atoms with Gasteiger partial charge in [-0.15, -0.1) is 13.2 Å². The summed E-state index contributed by atoms with van der Waals surface area (Å²) in [7, 11) is 1.59. The Morgan fingerprint density at radius 2 is 1.57 bits per heavy atom. The Hall–Kier alpha value is -3.79. The summed E-state index contributed by atoms with van der Waals surface area (Å²) < 4.78 is 46.0. The second-order valence-corrected chi connectivity index (χ2v) is 8.05. The molecule has 1 aliphatic heterocycles. The largest absolute Gasteiger partial charge is 0.573 e. The summed E-state index contributed by atoms with van der Waals surface area (Å²) in [5, 5.41) is 4.35. The van der Waals surface area contributed by atoms with E-state index in [2.05, 4.69) is 10.1 Å². The predicted molar refractivity (Wildman–Crippen MR) is 125 cm³/mol. The fraction of sp³-hybridized carbons (Fsp3) is 0.280. The molecule has 1 fully saturated rings. The lowest BCUT2D eigenvalue weighted by atomic mass is 10.0. The van der Waals surface area contributed by atoms with Crippen molar-refractivity contribution in [2.24, 2.45) is 0 Å². The number of anilines is 1. The summed E-state index contributed by atoms with van der Waals surface area (Å²) in [5.74, 6) is -0.0269. The maximum absolute atomic E-state index is 13.2. The molecule has 1 heterocycles. The molecule has 3 aromatic rings. The first-order valence-electron chi connectivity index (χ1n) is 11.0. The van der Waals surface area contributed by atoms with Crippen molar-refractivity contribution in [1.29, 1.82) is 0 Å². The number of nitrogens with zero attached hydrogens (tertiary/aromatic N) is 2. The number of rotatable bonds is 6. The summed E-state index contributed by atoms with van der Waals surface area (Å²) in [6.07, 6.45) is -4.77. The molecule has 0 radical (unpaired) electrons. The van der Waals surface area contributed by atoms with E-state index in [0.717, 1.165) is 22.9 Å². The summed E-state index contributed by atoms with van der Waals surface area (Å²) >= 11 is 0. The van der Waals surface area contributed by atoms with Crippen LogP contribution in [0.4, 0.5) is 18.9 Å². The predicted octanol–water partition coefficient (Wildman–Crippen LogP) is 4.14. The third-order valence-electron chi connectivity index (χ3n) is 5.73. The number of halogens is 3. The molecule has 1 aliphatic rings. The molecule has 35 heavy (non-hydrogen) atoms. The van der Waals surface area contributed by atoms with Crippen LogP contribution in [0.5, 0.6) is 11.5 Å². The number of hydrogen-bond acceptors (Lipinski definition) is 5. The maximum Gasteiger partial charge on any atom is 0.573 e. The molecular formula is C25H24F3N3O4. The highest BCUT2D eigenvalue weighted by Crippen LogP contribution is 2.29. The first-order chi connectivity index (χ1) is 16.7. The number of amides is 2. The minimum atomic E-state index is -4.77. The van der Waals surface area contributed by atoms with Crippen LogP contribution in [0.2, 0.25) is 0 Å². The average Bonchev–Trinajstić information content (AvgIpc) is 2.83. The molecule has 184 valence electrons. The summed E-state index contributed by atoms with van der Waals surface area (Å²) in [4.78, 5) is 29.3. The molecule has 3 aromatic carbocycles. The number of hydrogen-bond donors (Lipinski definition) is 1. The summed E-state index contributed by atoms with van der Waals surface area (Å²) in [6, 6.07) is 16.1. The average molecular weight is 487 g/mol. The van der Waals surface area contributed by atoms with Gasteiger partial charge in [0.2, 0.25) is 5.91 Å². The van der Waals surface area contributed by atoms with Crippen LogP contribution in [-0.2, 0) is 4.79 Å². The molecule has 0 unspecified atom stereocenters. The van der Waals surface area contributed by atoms with Crippen LogP contribution >= 0.6 is 0 Å². The second kappa shape index (κ2) is 10.2. The first-order valence-corrected chi connectivity index (χ1v) is 11.0. The number of carbonyl (C=O) groups is 2. The van der Waals surface area contributed by atoms with Gasteiger partial charge in [0.15, 0.2) is 0 Å². The topological polar surface area (TPSA) is 71.1 Å². The van der Waals surface area contributed by atoms with Gasteiger partial charge in [0.05, 0.1) is 13.7 Å². The van der Waals surface area contributed by atoms with E-state index in [1.165, 1.54) is 12.1 Å².